The van der Waals surface area contributed by atoms with Crippen LogP contribution in [0.25, 0.3) is 0 Å². The van der Waals surface area contributed by atoms with E-state index in [0.29, 0.717) is 12.3 Å². The topological polar surface area (TPSA) is 51.0 Å². The molecule has 1 aliphatic rings. The lowest BCUT2D eigenvalue weighted by Gasteiger charge is -2.09. The number of hydrogen-bond acceptors (Lipinski definition) is 4. The Bertz CT molecular complexity index is 569. The molecule has 0 aliphatic carbocycles. The summed E-state index contributed by atoms with van der Waals surface area (Å²) in [5.41, 5.74) is 1.18. The summed E-state index contributed by atoms with van der Waals surface area (Å²) in [4.78, 5) is 4.51. The summed E-state index contributed by atoms with van der Waals surface area (Å²) in [5.74, 6) is 2.02. The maximum atomic E-state index is 5.39. The molecular formula is C14H16BrN3O. The lowest BCUT2D eigenvalue weighted by Crippen LogP contribution is -2.16. The molecule has 0 bridgehead atoms. The predicted octanol–water partition coefficient (Wildman–Crippen LogP) is 3.09. The van der Waals surface area contributed by atoms with E-state index in [1.807, 2.05) is 12.1 Å². The molecule has 5 heteroatoms. The van der Waals surface area contributed by atoms with Crippen LogP contribution in [0.3, 0.4) is 0 Å². The quantitative estimate of drug-likeness (QED) is 0.943. The van der Waals surface area contributed by atoms with E-state index in [2.05, 4.69) is 50.4 Å². The van der Waals surface area contributed by atoms with E-state index >= 15 is 0 Å². The summed E-state index contributed by atoms with van der Waals surface area (Å²) in [6.07, 6.45) is 1.86. The molecule has 3 rings (SSSR count). The van der Waals surface area contributed by atoms with Gasteiger partial charge in [-0.1, -0.05) is 40.1 Å². The zero-order chi connectivity index (χ0) is 13.2. The Morgan fingerprint density at radius 1 is 1.47 bits per heavy atom. The Kier molecular flexibility index (Phi) is 3.66. The second-order valence-corrected chi connectivity index (χ2v) is 5.97. The monoisotopic (exact) mass is 321 g/mol. The van der Waals surface area contributed by atoms with Crippen molar-refractivity contribution in [1.82, 2.24) is 15.5 Å². The second-order valence-electron chi connectivity index (χ2n) is 5.05. The number of nitrogens with one attached hydrogen (secondary N) is 1. The van der Waals surface area contributed by atoms with Gasteiger partial charge in [0, 0.05) is 10.9 Å². The second kappa shape index (κ2) is 5.43. The molecule has 2 aromatic rings. The zero-order valence-electron chi connectivity index (χ0n) is 10.8. The average Bonchev–Trinajstić information content (AvgIpc) is 2.98. The molecule has 2 heterocycles. The van der Waals surface area contributed by atoms with Crippen LogP contribution in [-0.2, 0) is 6.42 Å². The van der Waals surface area contributed by atoms with Gasteiger partial charge in [0.15, 0.2) is 5.82 Å². The van der Waals surface area contributed by atoms with Crippen molar-refractivity contribution in [3.63, 3.8) is 0 Å². The van der Waals surface area contributed by atoms with Crippen molar-refractivity contribution in [3.8, 4) is 0 Å². The SMILES string of the molecule is CC1CCNC1c1nc(Cc2cccc(Br)c2)no1. The minimum atomic E-state index is 0.212. The Morgan fingerprint density at radius 3 is 3.11 bits per heavy atom. The van der Waals surface area contributed by atoms with E-state index in [4.69, 9.17) is 4.52 Å². The number of aromatic nitrogens is 2. The van der Waals surface area contributed by atoms with Crippen LogP contribution < -0.4 is 5.32 Å². The maximum absolute atomic E-state index is 5.39. The summed E-state index contributed by atoms with van der Waals surface area (Å²) in [6.45, 7) is 3.23. The Hall–Kier alpha value is -1.20. The lowest BCUT2D eigenvalue weighted by atomic mass is 10.0. The fourth-order valence-electron chi connectivity index (χ4n) is 2.46. The highest BCUT2D eigenvalue weighted by Gasteiger charge is 2.29. The standard InChI is InChI=1S/C14H16BrN3O/c1-9-5-6-16-13(9)14-17-12(18-19-14)8-10-3-2-4-11(15)7-10/h2-4,7,9,13,16H,5-6,8H2,1H3. The van der Waals surface area contributed by atoms with E-state index in [0.717, 1.165) is 29.2 Å². The van der Waals surface area contributed by atoms with Crippen molar-refractivity contribution in [1.29, 1.82) is 0 Å². The summed E-state index contributed by atoms with van der Waals surface area (Å²) in [7, 11) is 0. The van der Waals surface area contributed by atoms with E-state index in [-0.39, 0.29) is 6.04 Å². The highest BCUT2D eigenvalue weighted by atomic mass is 79.9. The van der Waals surface area contributed by atoms with Crippen molar-refractivity contribution in [2.45, 2.75) is 25.8 Å². The first kappa shape index (κ1) is 12.8. The molecule has 1 aromatic heterocycles. The minimum absolute atomic E-state index is 0.212. The van der Waals surface area contributed by atoms with E-state index < -0.39 is 0 Å². The number of benzene rings is 1. The van der Waals surface area contributed by atoms with Gasteiger partial charge < -0.3 is 9.84 Å². The first-order valence-electron chi connectivity index (χ1n) is 6.52. The van der Waals surface area contributed by atoms with Crippen LogP contribution in [0.15, 0.2) is 33.3 Å². The molecular weight excluding hydrogens is 306 g/mol. The number of rotatable bonds is 3. The Balaban J connectivity index is 1.74. The third kappa shape index (κ3) is 2.87. The van der Waals surface area contributed by atoms with E-state index in [1.165, 1.54) is 5.56 Å². The Labute approximate surface area is 120 Å². The third-order valence-electron chi connectivity index (χ3n) is 3.53. The van der Waals surface area contributed by atoms with Gasteiger partial charge in [-0.3, -0.25) is 0 Å². The van der Waals surface area contributed by atoms with Crippen LogP contribution >= 0.6 is 15.9 Å². The number of nitrogens with zero attached hydrogens (tertiary/aromatic N) is 2. The van der Waals surface area contributed by atoms with Crippen LogP contribution in [0.5, 0.6) is 0 Å². The van der Waals surface area contributed by atoms with Gasteiger partial charge in [0.25, 0.3) is 0 Å². The van der Waals surface area contributed by atoms with E-state index in [1.54, 1.807) is 0 Å². The molecule has 100 valence electrons. The molecule has 19 heavy (non-hydrogen) atoms. The van der Waals surface area contributed by atoms with Gasteiger partial charge in [0.2, 0.25) is 5.89 Å². The fraction of sp³-hybridized carbons (Fsp3) is 0.429. The first-order chi connectivity index (χ1) is 9.22. The van der Waals surface area contributed by atoms with Crippen molar-refractivity contribution in [2.75, 3.05) is 6.54 Å². The number of halogens is 1. The number of hydrogen-bond donors (Lipinski definition) is 1. The maximum Gasteiger partial charge on any atom is 0.244 e. The average molecular weight is 322 g/mol. The highest BCUT2D eigenvalue weighted by Crippen LogP contribution is 2.27. The van der Waals surface area contributed by atoms with Crippen LogP contribution in [0, 0.1) is 5.92 Å². The van der Waals surface area contributed by atoms with Crippen LogP contribution in [0.2, 0.25) is 0 Å². The molecule has 0 saturated carbocycles. The van der Waals surface area contributed by atoms with Crippen molar-refractivity contribution < 1.29 is 4.52 Å². The van der Waals surface area contributed by atoms with Crippen LogP contribution in [0.4, 0.5) is 0 Å². The lowest BCUT2D eigenvalue weighted by molar-refractivity contribution is 0.317. The fourth-order valence-corrected chi connectivity index (χ4v) is 2.91. The highest BCUT2D eigenvalue weighted by molar-refractivity contribution is 9.10. The zero-order valence-corrected chi connectivity index (χ0v) is 12.4. The summed E-state index contributed by atoms with van der Waals surface area (Å²) >= 11 is 3.47. The largest absolute Gasteiger partial charge is 0.338 e. The molecule has 0 radical (unpaired) electrons. The van der Waals surface area contributed by atoms with Gasteiger partial charge in [-0.05, 0) is 36.6 Å². The Morgan fingerprint density at radius 2 is 2.37 bits per heavy atom. The van der Waals surface area contributed by atoms with Crippen LogP contribution in [-0.4, -0.2) is 16.7 Å². The van der Waals surface area contributed by atoms with Crippen molar-refractivity contribution in [3.05, 3.63) is 46.0 Å². The smallest absolute Gasteiger partial charge is 0.244 e. The molecule has 1 aliphatic heterocycles. The molecule has 2 unspecified atom stereocenters. The molecule has 0 spiro atoms. The predicted molar refractivity (Wildman–Crippen MR) is 75.8 cm³/mol. The molecule has 1 aromatic carbocycles. The molecule has 1 saturated heterocycles. The molecule has 2 atom stereocenters. The normalized spacial score (nSPS) is 22.8. The van der Waals surface area contributed by atoms with Gasteiger partial charge in [0.05, 0.1) is 6.04 Å². The van der Waals surface area contributed by atoms with Crippen molar-refractivity contribution >= 4 is 15.9 Å². The first-order valence-corrected chi connectivity index (χ1v) is 7.32. The van der Waals surface area contributed by atoms with Gasteiger partial charge in [-0.2, -0.15) is 4.98 Å². The minimum Gasteiger partial charge on any atom is -0.338 e. The summed E-state index contributed by atoms with van der Waals surface area (Å²) in [6, 6.07) is 8.38. The van der Waals surface area contributed by atoms with Crippen LogP contribution in [0.1, 0.15) is 36.7 Å². The molecule has 0 amide bonds. The van der Waals surface area contributed by atoms with Gasteiger partial charge >= 0.3 is 0 Å². The summed E-state index contributed by atoms with van der Waals surface area (Å²) in [5, 5.41) is 7.48. The van der Waals surface area contributed by atoms with Gasteiger partial charge in [-0.15, -0.1) is 0 Å². The molecule has 1 N–H and O–H groups in total. The van der Waals surface area contributed by atoms with Crippen molar-refractivity contribution in [2.24, 2.45) is 5.92 Å². The molecule has 1 fully saturated rings. The molecule has 4 nitrogen and oxygen atoms in total. The third-order valence-corrected chi connectivity index (χ3v) is 4.03. The van der Waals surface area contributed by atoms with Gasteiger partial charge in [0.1, 0.15) is 0 Å². The van der Waals surface area contributed by atoms with Gasteiger partial charge in [-0.25, -0.2) is 0 Å². The van der Waals surface area contributed by atoms with E-state index in [9.17, 15) is 0 Å². The summed E-state index contributed by atoms with van der Waals surface area (Å²) < 4.78 is 6.46.